The van der Waals surface area contributed by atoms with Crippen LogP contribution in [0.25, 0.3) is 10.9 Å². The van der Waals surface area contributed by atoms with Gasteiger partial charge in [-0.1, -0.05) is 18.2 Å². The maximum atomic E-state index is 6.07. The molecule has 6 heteroatoms. The quantitative estimate of drug-likeness (QED) is 0.528. The topological polar surface area (TPSA) is 66.5 Å². The Bertz CT molecular complexity index is 970. The van der Waals surface area contributed by atoms with Crippen LogP contribution >= 0.6 is 11.6 Å². The molecule has 0 spiro atoms. The summed E-state index contributed by atoms with van der Waals surface area (Å²) in [5, 5.41) is 4.59. The molecule has 0 aliphatic carbocycles. The van der Waals surface area contributed by atoms with Crippen LogP contribution in [0.4, 0.5) is 5.82 Å². The smallest absolute Gasteiger partial charge is 0.224 e. The highest BCUT2D eigenvalue weighted by molar-refractivity contribution is 6.28. The van der Waals surface area contributed by atoms with Crippen molar-refractivity contribution in [3.05, 3.63) is 83.7 Å². The summed E-state index contributed by atoms with van der Waals surface area (Å²) in [4.78, 5) is 16.4. The van der Waals surface area contributed by atoms with E-state index in [0.29, 0.717) is 6.54 Å². The first kappa shape index (κ1) is 15.6. The van der Waals surface area contributed by atoms with E-state index in [9.17, 15) is 0 Å². The van der Waals surface area contributed by atoms with Crippen molar-refractivity contribution in [2.45, 2.75) is 5.92 Å². The number of nitrogens with zero attached hydrogens (tertiary/aromatic N) is 3. The highest BCUT2D eigenvalue weighted by Crippen LogP contribution is 2.25. The van der Waals surface area contributed by atoms with Gasteiger partial charge in [-0.3, -0.25) is 4.98 Å². The van der Waals surface area contributed by atoms with E-state index < -0.39 is 0 Å². The predicted octanol–water partition coefficient (Wildman–Crippen LogP) is 4.25. The largest absolute Gasteiger partial charge is 0.368 e. The molecule has 0 aliphatic heterocycles. The molecular formula is C19H16ClN5. The summed E-state index contributed by atoms with van der Waals surface area (Å²) < 4.78 is 0. The first-order valence-electron chi connectivity index (χ1n) is 8.01. The van der Waals surface area contributed by atoms with E-state index in [4.69, 9.17) is 11.6 Å². The molecule has 0 aliphatic rings. The second-order valence-corrected chi connectivity index (χ2v) is 6.01. The number of rotatable bonds is 5. The molecule has 3 heterocycles. The summed E-state index contributed by atoms with van der Waals surface area (Å²) in [6.07, 6.45) is 3.73. The summed E-state index contributed by atoms with van der Waals surface area (Å²) in [6.45, 7) is 0.634. The zero-order chi connectivity index (χ0) is 17.1. The molecule has 3 aromatic heterocycles. The number of H-pyrrole nitrogens is 1. The third kappa shape index (κ3) is 3.32. The van der Waals surface area contributed by atoms with Crippen molar-refractivity contribution in [1.82, 2.24) is 19.9 Å². The predicted molar refractivity (Wildman–Crippen MR) is 99.9 cm³/mol. The maximum absolute atomic E-state index is 6.07. The Kier molecular flexibility index (Phi) is 4.31. The number of halogens is 1. The minimum absolute atomic E-state index is 0.0729. The van der Waals surface area contributed by atoms with E-state index >= 15 is 0 Å². The number of pyridine rings is 1. The molecule has 0 bridgehead atoms. The highest BCUT2D eigenvalue weighted by atomic mass is 35.5. The molecule has 2 N–H and O–H groups in total. The number of fused-ring (bicyclic) bond motifs is 1. The molecule has 0 saturated carbocycles. The molecule has 124 valence electrons. The van der Waals surface area contributed by atoms with E-state index in [1.807, 2.05) is 60.9 Å². The Hall–Kier alpha value is -2.92. The Morgan fingerprint density at radius 1 is 1.00 bits per heavy atom. The van der Waals surface area contributed by atoms with E-state index in [1.165, 1.54) is 0 Å². The van der Waals surface area contributed by atoms with Gasteiger partial charge in [0.25, 0.3) is 0 Å². The zero-order valence-electron chi connectivity index (χ0n) is 13.4. The van der Waals surface area contributed by atoms with Crippen LogP contribution in [0.1, 0.15) is 17.3 Å². The fraction of sp³-hybridized carbons (Fsp3) is 0.105. The number of aromatic amines is 1. The van der Waals surface area contributed by atoms with Crippen molar-refractivity contribution in [1.29, 1.82) is 0 Å². The van der Waals surface area contributed by atoms with Gasteiger partial charge in [0.1, 0.15) is 5.82 Å². The van der Waals surface area contributed by atoms with Crippen molar-refractivity contribution in [3.63, 3.8) is 0 Å². The van der Waals surface area contributed by atoms with Crippen LogP contribution in [-0.2, 0) is 0 Å². The molecule has 4 aromatic rings. The molecule has 1 aromatic carbocycles. The lowest BCUT2D eigenvalue weighted by Gasteiger charge is -2.17. The van der Waals surface area contributed by atoms with Crippen LogP contribution in [0.3, 0.4) is 0 Å². The molecule has 4 rings (SSSR count). The fourth-order valence-electron chi connectivity index (χ4n) is 2.90. The second-order valence-electron chi connectivity index (χ2n) is 5.67. The van der Waals surface area contributed by atoms with E-state index in [1.54, 1.807) is 0 Å². The Balaban J connectivity index is 1.66. The lowest BCUT2D eigenvalue weighted by Crippen LogP contribution is -2.16. The average molecular weight is 350 g/mol. The van der Waals surface area contributed by atoms with Crippen molar-refractivity contribution < 1.29 is 0 Å². The van der Waals surface area contributed by atoms with Gasteiger partial charge in [-0.25, -0.2) is 9.97 Å². The van der Waals surface area contributed by atoms with Gasteiger partial charge in [-0.15, -0.1) is 0 Å². The van der Waals surface area contributed by atoms with Gasteiger partial charge in [0.15, 0.2) is 0 Å². The minimum Gasteiger partial charge on any atom is -0.368 e. The lowest BCUT2D eigenvalue weighted by atomic mass is 10.0. The monoisotopic (exact) mass is 349 g/mol. The zero-order valence-corrected chi connectivity index (χ0v) is 14.1. The van der Waals surface area contributed by atoms with Crippen LogP contribution in [-0.4, -0.2) is 26.5 Å². The molecule has 0 radical (unpaired) electrons. The summed E-state index contributed by atoms with van der Waals surface area (Å²) in [5.74, 6) is 0.798. The van der Waals surface area contributed by atoms with Gasteiger partial charge in [0, 0.05) is 30.0 Å². The van der Waals surface area contributed by atoms with Gasteiger partial charge in [-0.2, -0.15) is 0 Å². The minimum atomic E-state index is 0.0729. The Morgan fingerprint density at radius 2 is 1.88 bits per heavy atom. The molecule has 1 atom stereocenters. The molecule has 5 nitrogen and oxygen atoms in total. The lowest BCUT2D eigenvalue weighted by molar-refractivity contribution is 0.790. The number of hydrogen-bond donors (Lipinski definition) is 2. The maximum Gasteiger partial charge on any atom is 0.224 e. The molecule has 1 unspecified atom stereocenters. The Labute approximate surface area is 150 Å². The summed E-state index contributed by atoms with van der Waals surface area (Å²) in [6, 6.07) is 17.8. The summed E-state index contributed by atoms with van der Waals surface area (Å²) in [5.41, 5.74) is 2.90. The fourth-order valence-corrected chi connectivity index (χ4v) is 3.07. The molecule has 0 amide bonds. The number of benzene rings is 1. The van der Waals surface area contributed by atoms with Gasteiger partial charge in [0.05, 0.1) is 17.1 Å². The molecule has 0 fully saturated rings. The molecular weight excluding hydrogens is 334 g/mol. The summed E-state index contributed by atoms with van der Waals surface area (Å²) in [7, 11) is 0. The van der Waals surface area contributed by atoms with Crippen LogP contribution in [0.5, 0.6) is 0 Å². The van der Waals surface area contributed by atoms with E-state index in [0.717, 1.165) is 28.1 Å². The van der Waals surface area contributed by atoms with Crippen molar-refractivity contribution in [2.75, 3.05) is 11.9 Å². The molecule has 0 saturated heterocycles. The average Bonchev–Trinajstić information content (AvgIpc) is 3.17. The number of hydrogen-bond acceptors (Lipinski definition) is 4. The van der Waals surface area contributed by atoms with Gasteiger partial charge >= 0.3 is 0 Å². The van der Waals surface area contributed by atoms with Crippen molar-refractivity contribution >= 4 is 28.3 Å². The van der Waals surface area contributed by atoms with Gasteiger partial charge in [-0.05, 0) is 48.0 Å². The number of nitrogens with one attached hydrogen (secondary N) is 2. The first-order valence-corrected chi connectivity index (χ1v) is 8.39. The normalized spacial score (nSPS) is 12.2. The Morgan fingerprint density at radius 3 is 2.68 bits per heavy atom. The second kappa shape index (κ2) is 6.91. The van der Waals surface area contributed by atoms with Crippen molar-refractivity contribution in [3.8, 4) is 0 Å². The van der Waals surface area contributed by atoms with E-state index in [2.05, 4.69) is 31.3 Å². The number of aromatic nitrogens is 4. The third-order valence-corrected chi connectivity index (χ3v) is 4.26. The number of para-hydroxylation sites is 1. The van der Waals surface area contributed by atoms with Gasteiger partial charge in [0.2, 0.25) is 5.28 Å². The van der Waals surface area contributed by atoms with Crippen LogP contribution in [0, 0.1) is 0 Å². The summed E-state index contributed by atoms with van der Waals surface area (Å²) >= 11 is 6.07. The molecule has 25 heavy (non-hydrogen) atoms. The van der Waals surface area contributed by atoms with Crippen LogP contribution in [0.2, 0.25) is 5.28 Å². The highest BCUT2D eigenvalue weighted by Gasteiger charge is 2.17. The van der Waals surface area contributed by atoms with E-state index in [-0.39, 0.29) is 11.2 Å². The van der Waals surface area contributed by atoms with Crippen LogP contribution in [0.15, 0.2) is 67.0 Å². The third-order valence-electron chi connectivity index (χ3n) is 4.09. The van der Waals surface area contributed by atoms with Crippen LogP contribution < -0.4 is 5.32 Å². The standard InChI is InChI=1S/C19H16ClN5/c20-19-24-17-8-2-1-6-13(17)18(25-19)23-12-14(16-9-5-11-22-16)15-7-3-4-10-21-15/h1-11,14,22H,12H2,(H,23,24,25). The SMILES string of the molecule is Clc1nc(NCC(c2ccccn2)c2ccc[nH]2)c2ccccc2n1. The first-order chi connectivity index (χ1) is 12.3. The van der Waals surface area contributed by atoms with Gasteiger partial charge < -0.3 is 10.3 Å². The number of anilines is 1. The van der Waals surface area contributed by atoms with Crippen molar-refractivity contribution in [2.24, 2.45) is 0 Å².